The van der Waals surface area contributed by atoms with Gasteiger partial charge in [0.15, 0.2) is 11.6 Å². The first-order valence-corrected chi connectivity index (χ1v) is 8.70. The largest absolute Gasteiger partial charge is 0.505 e. The number of hydrogen-bond acceptors (Lipinski definition) is 3. The molecule has 0 aliphatic heterocycles. The Morgan fingerprint density at radius 1 is 1.08 bits per heavy atom. The lowest BCUT2D eigenvalue weighted by molar-refractivity contribution is 0.0928. The summed E-state index contributed by atoms with van der Waals surface area (Å²) in [6, 6.07) is 9.59. The molecule has 0 aromatic heterocycles. The van der Waals surface area contributed by atoms with Crippen LogP contribution in [0.2, 0.25) is 0 Å². The number of amides is 1. The van der Waals surface area contributed by atoms with E-state index in [-0.39, 0.29) is 23.4 Å². The van der Waals surface area contributed by atoms with Gasteiger partial charge in [-0.15, -0.1) is 0 Å². The number of halogens is 2. The van der Waals surface area contributed by atoms with Crippen LogP contribution in [-0.2, 0) is 0 Å². The molecule has 2 aromatic rings. The van der Waals surface area contributed by atoms with E-state index in [2.05, 4.69) is 5.32 Å². The van der Waals surface area contributed by atoms with Crippen molar-refractivity contribution >= 4 is 5.91 Å². The van der Waals surface area contributed by atoms with E-state index in [9.17, 15) is 13.6 Å². The molecular weight excluding hydrogens is 340 g/mol. The number of phenolic OH excluding ortho intramolecular Hbond substituents is 1. The van der Waals surface area contributed by atoms with Crippen LogP contribution < -0.4 is 10.1 Å². The van der Waals surface area contributed by atoms with E-state index < -0.39 is 11.6 Å². The van der Waals surface area contributed by atoms with E-state index in [4.69, 9.17) is 9.84 Å². The molecule has 1 amide bonds. The van der Waals surface area contributed by atoms with Gasteiger partial charge < -0.3 is 15.2 Å². The zero-order valence-corrected chi connectivity index (χ0v) is 14.3. The van der Waals surface area contributed by atoms with E-state index in [1.54, 1.807) is 12.1 Å². The van der Waals surface area contributed by atoms with Crippen molar-refractivity contribution < 1.29 is 23.4 Å². The predicted octanol–water partition coefficient (Wildman–Crippen LogP) is 4.04. The second-order valence-electron chi connectivity index (χ2n) is 6.59. The molecule has 0 saturated heterocycles. The third-order valence-electron chi connectivity index (χ3n) is 4.67. The molecule has 2 N–H and O–H groups in total. The first-order valence-electron chi connectivity index (χ1n) is 8.70. The quantitative estimate of drug-likeness (QED) is 0.845. The van der Waals surface area contributed by atoms with Crippen molar-refractivity contribution in [3.63, 3.8) is 0 Å². The Morgan fingerprint density at radius 2 is 1.77 bits per heavy atom. The molecule has 0 unspecified atom stereocenters. The van der Waals surface area contributed by atoms with Gasteiger partial charge in [-0.2, -0.15) is 0 Å². The van der Waals surface area contributed by atoms with Crippen LogP contribution in [0.5, 0.6) is 11.5 Å². The highest BCUT2D eigenvalue weighted by molar-refractivity contribution is 5.94. The number of carbonyl (C=O) groups excluding carboxylic acids is 1. The van der Waals surface area contributed by atoms with Crippen LogP contribution in [0.15, 0.2) is 42.5 Å². The standard InChI is InChI=1S/C20H21F2NO3/c21-15-4-8-17(9-5-15)26-16-6-1-13(2-7-16)12-23-20(25)14-3-10-19(24)18(22)11-14/h3-5,8-11,13,16,24H,1-2,6-7,12H2,(H,23,25). The summed E-state index contributed by atoms with van der Waals surface area (Å²) in [5.74, 6) is -0.914. The molecule has 3 rings (SSSR count). The Bertz CT molecular complexity index is 756. The van der Waals surface area contributed by atoms with Gasteiger partial charge in [0, 0.05) is 12.1 Å². The maximum Gasteiger partial charge on any atom is 0.251 e. The minimum atomic E-state index is -0.809. The average Bonchev–Trinajstić information content (AvgIpc) is 2.65. The normalized spacial score (nSPS) is 19.8. The molecule has 0 heterocycles. The predicted molar refractivity (Wildman–Crippen MR) is 93.2 cm³/mol. The van der Waals surface area contributed by atoms with E-state index in [0.717, 1.165) is 31.7 Å². The summed E-state index contributed by atoms with van der Waals surface area (Å²) in [5, 5.41) is 12.0. The molecule has 2 aromatic carbocycles. The zero-order chi connectivity index (χ0) is 18.5. The fourth-order valence-electron chi connectivity index (χ4n) is 3.15. The fourth-order valence-corrected chi connectivity index (χ4v) is 3.15. The minimum absolute atomic E-state index is 0.0959. The summed E-state index contributed by atoms with van der Waals surface area (Å²) in [5.41, 5.74) is 0.189. The van der Waals surface area contributed by atoms with Crippen molar-refractivity contribution in [2.45, 2.75) is 31.8 Å². The Labute approximate surface area is 150 Å². The summed E-state index contributed by atoms with van der Waals surface area (Å²) < 4.78 is 32.1. The molecule has 0 spiro atoms. The topological polar surface area (TPSA) is 58.6 Å². The zero-order valence-electron chi connectivity index (χ0n) is 14.3. The van der Waals surface area contributed by atoms with Gasteiger partial charge >= 0.3 is 0 Å². The number of phenols is 1. The highest BCUT2D eigenvalue weighted by Crippen LogP contribution is 2.27. The van der Waals surface area contributed by atoms with E-state index in [0.29, 0.717) is 18.2 Å². The lowest BCUT2D eigenvalue weighted by atomic mass is 9.87. The van der Waals surface area contributed by atoms with Gasteiger partial charge in [-0.05, 0) is 74.1 Å². The SMILES string of the molecule is O=C(NCC1CCC(Oc2ccc(F)cc2)CC1)c1ccc(O)c(F)c1. The van der Waals surface area contributed by atoms with Crippen LogP contribution in [0, 0.1) is 17.6 Å². The molecule has 1 saturated carbocycles. The van der Waals surface area contributed by atoms with Crippen LogP contribution in [0.4, 0.5) is 8.78 Å². The van der Waals surface area contributed by atoms with Crippen LogP contribution in [-0.4, -0.2) is 23.7 Å². The van der Waals surface area contributed by atoms with Crippen LogP contribution >= 0.6 is 0 Å². The van der Waals surface area contributed by atoms with Crippen molar-refractivity contribution in [1.29, 1.82) is 0 Å². The summed E-state index contributed by atoms with van der Waals surface area (Å²) in [4.78, 5) is 12.1. The number of nitrogens with one attached hydrogen (secondary N) is 1. The Morgan fingerprint density at radius 3 is 2.42 bits per heavy atom. The number of benzene rings is 2. The summed E-state index contributed by atoms with van der Waals surface area (Å²) in [6.07, 6.45) is 3.66. The molecule has 6 heteroatoms. The summed E-state index contributed by atoms with van der Waals surface area (Å²) in [6.45, 7) is 0.518. The lowest BCUT2D eigenvalue weighted by Gasteiger charge is -2.29. The maximum absolute atomic E-state index is 13.3. The number of ether oxygens (including phenoxy) is 1. The molecule has 138 valence electrons. The second-order valence-corrected chi connectivity index (χ2v) is 6.59. The Balaban J connectivity index is 1.43. The van der Waals surface area contributed by atoms with Crippen molar-refractivity contribution in [3.05, 3.63) is 59.7 Å². The smallest absolute Gasteiger partial charge is 0.251 e. The number of aromatic hydroxyl groups is 1. The van der Waals surface area contributed by atoms with Gasteiger partial charge in [-0.1, -0.05) is 0 Å². The summed E-state index contributed by atoms with van der Waals surface area (Å²) in [7, 11) is 0. The molecule has 0 bridgehead atoms. The van der Waals surface area contributed by atoms with E-state index >= 15 is 0 Å². The van der Waals surface area contributed by atoms with Crippen molar-refractivity contribution in [2.24, 2.45) is 5.92 Å². The molecular formula is C20H21F2NO3. The average molecular weight is 361 g/mol. The maximum atomic E-state index is 13.3. The molecule has 26 heavy (non-hydrogen) atoms. The lowest BCUT2D eigenvalue weighted by Crippen LogP contribution is -2.33. The van der Waals surface area contributed by atoms with Crippen molar-refractivity contribution in [3.8, 4) is 11.5 Å². The number of rotatable bonds is 5. The van der Waals surface area contributed by atoms with Gasteiger partial charge in [0.1, 0.15) is 11.6 Å². The van der Waals surface area contributed by atoms with Gasteiger partial charge in [0.05, 0.1) is 6.10 Å². The summed E-state index contributed by atoms with van der Waals surface area (Å²) >= 11 is 0. The van der Waals surface area contributed by atoms with E-state index in [1.807, 2.05) is 0 Å². The van der Waals surface area contributed by atoms with Crippen molar-refractivity contribution in [1.82, 2.24) is 5.32 Å². The van der Waals surface area contributed by atoms with Gasteiger partial charge in [0.2, 0.25) is 0 Å². The Hall–Kier alpha value is -2.63. The molecule has 1 aliphatic carbocycles. The monoisotopic (exact) mass is 361 g/mol. The molecule has 1 aliphatic rings. The Kier molecular flexibility index (Phi) is 5.71. The molecule has 1 fully saturated rings. The van der Waals surface area contributed by atoms with Gasteiger partial charge in [-0.25, -0.2) is 8.78 Å². The van der Waals surface area contributed by atoms with Crippen LogP contribution in [0.25, 0.3) is 0 Å². The van der Waals surface area contributed by atoms with E-state index in [1.165, 1.54) is 24.3 Å². The number of carbonyl (C=O) groups is 1. The molecule has 0 radical (unpaired) electrons. The first kappa shape index (κ1) is 18.2. The van der Waals surface area contributed by atoms with Crippen molar-refractivity contribution in [2.75, 3.05) is 6.54 Å². The third-order valence-corrected chi connectivity index (χ3v) is 4.67. The molecule has 0 atom stereocenters. The van der Waals surface area contributed by atoms with Crippen LogP contribution in [0.1, 0.15) is 36.0 Å². The van der Waals surface area contributed by atoms with Gasteiger partial charge in [0.25, 0.3) is 5.91 Å². The van der Waals surface area contributed by atoms with Crippen LogP contribution in [0.3, 0.4) is 0 Å². The minimum Gasteiger partial charge on any atom is -0.505 e. The number of hydrogen-bond donors (Lipinski definition) is 2. The third kappa shape index (κ3) is 4.71. The fraction of sp³-hybridized carbons (Fsp3) is 0.350. The second kappa shape index (κ2) is 8.17. The first-order chi connectivity index (χ1) is 12.5. The highest BCUT2D eigenvalue weighted by atomic mass is 19.1. The molecule has 4 nitrogen and oxygen atoms in total. The van der Waals surface area contributed by atoms with Gasteiger partial charge in [-0.3, -0.25) is 4.79 Å². The highest BCUT2D eigenvalue weighted by Gasteiger charge is 2.23.